The van der Waals surface area contributed by atoms with Crippen molar-refractivity contribution < 1.29 is 32.5 Å². The van der Waals surface area contributed by atoms with Crippen LogP contribution in [0.2, 0.25) is 0 Å². The van der Waals surface area contributed by atoms with Gasteiger partial charge in [0, 0.05) is 18.6 Å². The smallest absolute Gasteiger partial charge is 0.416 e. The van der Waals surface area contributed by atoms with Crippen molar-refractivity contribution in [1.29, 1.82) is 0 Å². The molecule has 2 aromatic carbocycles. The number of ether oxygens (including phenoxy) is 2. The van der Waals surface area contributed by atoms with E-state index in [1.165, 1.54) is 23.5 Å². The minimum Gasteiger partial charge on any atom is -0.485 e. The molecule has 0 radical (unpaired) electrons. The molecule has 3 rings (SSSR count). The molecule has 0 saturated carbocycles. The molecule has 1 aromatic heterocycles. The Hall–Kier alpha value is -2.91. The number of hydrogen-bond acceptors (Lipinski definition) is 5. The van der Waals surface area contributed by atoms with Crippen LogP contribution in [0.5, 0.6) is 5.75 Å². The molecule has 1 heterocycles. The normalized spacial score (nSPS) is 13.4. The lowest BCUT2D eigenvalue weighted by Gasteiger charge is -2.20. The molecule has 0 aliphatic heterocycles. The van der Waals surface area contributed by atoms with Gasteiger partial charge in [-0.05, 0) is 55.7 Å². The number of alkyl halides is 3. The third kappa shape index (κ3) is 6.82. The monoisotopic (exact) mass is 507 g/mol. The van der Waals surface area contributed by atoms with Crippen molar-refractivity contribution in [1.82, 2.24) is 4.98 Å². The van der Waals surface area contributed by atoms with E-state index in [0.29, 0.717) is 30.0 Å². The van der Waals surface area contributed by atoms with Gasteiger partial charge in [-0.25, -0.2) is 9.78 Å². The number of nitrogens with zero attached hydrogens (tertiary/aromatic N) is 1. The van der Waals surface area contributed by atoms with E-state index in [2.05, 4.69) is 4.98 Å². The number of carboxylic acids is 1. The Morgan fingerprint density at radius 1 is 1.14 bits per heavy atom. The molecule has 35 heavy (non-hydrogen) atoms. The molecule has 0 amide bonds. The number of halogens is 3. The molecule has 0 aliphatic rings. The molecule has 3 aromatic rings. The van der Waals surface area contributed by atoms with Gasteiger partial charge in [0.1, 0.15) is 11.9 Å². The van der Waals surface area contributed by atoms with Gasteiger partial charge in [-0.2, -0.15) is 13.2 Å². The minimum absolute atomic E-state index is 0.251. The van der Waals surface area contributed by atoms with Gasteiger partial charge in [0.05, 0.1) is 21.6 Å². The predicted molar refractivity (Wildman–Crippen MR) is 129 cm³/mol. The molecular formula is C26H28F3NO4S. The molecule has 9 heteroatoms. The highest BCUT2D eigenvalue weighted by Gasteiger charge is 2.30. The Kier molecular flexibility index (Phi) is 8.91. The molecule has 1 N–H and O–H groups in total. The van der Waals surface area contributed by atoms with Crippen molar-refractivity contribution in [3.05, 3.63) is 69.5 Å². The van der Waals surface area contributed by atoms with Crippen LogP contribution in [-0.4, -0.2) is 28.8 Å². The van der Waals surface area contributed by atoms with Crippen molar-refractivity contribution in [2.45, 2.75) is 58.4 Å². The number of carbonyl (C=O) groups is 1. The van der Waals surface area contributed by atoms with Crippen molar-refractivity contribution in [3.8, 4) is 17.0 Å². The summed E-state index contributed by atoms with van der Waals surface area (Å²) in [5, 5.41) is 9.36. The first kappa shape index (κ1) is 26.7. The first-order valence-electron chi connectivity index (χ1n) is 11.4. The topological polar surface area (TPSA) is 68.7 Å². The summed E-state index contributed by atoms with van der Waals surface area (Å²) >= 11 is 1.41. The lowest BCUT2D eigenvalue weighted by Crippen LogP contribution is -2.26. The summed E-state index contributed by atoms with van der Waals surface area (Å²) in [6.07, 6.45) is -3.86. The summed E-state index contributed by atoms with van der Waals surface area (Å²) in [7, 11) is 0. The van der Waals surface area contributed by atoms with E-state index in [9.17, 15) is 23.1 Å². The number of rotatable bonds is 11. The Morgan fingerprint density at radius 2 is 1.86 bits per heavy atom. The standard InChI is InChI=1S/C26H28F3NO4S/c1-4-6-21(24-23(30-15-35-24)17-7-10-19(11-8-17)26(27,28)29)34-20-12-9-18(16(3)13-20)14-22(25(31)32)33-5-2/h7-13,15,21-22H,4-6,14H2,1-3H3,(H,31,32). The van der Waals surface area contributed by atoms with E-state index >= 15 is 0 Å². The summed E-state index contributed by atoms with van der Waals surface area (Å²) in [6.45, 7) is 5.99. The maximum atomic E-state index is 13.0. The second kappa shape index (κ2) is 11.7. The Bertz CT molecular complexity index is 1130. The van der Waals surface area contributed by atoms with E-state index < -0.39 is 23.8 Å². The zero-order valence-electron chi connectivity index (χ0n) is 19.8. The molecule has 0 fully saturated rings. The number of aliphatic carboxylic acids is 1. The second-order valence-electron chi connectivity index (χ2n) is 8.11. The third-order valence-electron chi connectivity index (χ3n) is 5.56. The van der Waals surface area contributed by atoms with E-state index in [0.717, 1.165) is 34.6 Å². The summed E-state index contributed by atoms with van der Waals surface area (Å²) in [5.74, 6) is -0.379. The fraction of sp³-hybridized carbons (Fsp3) is 0.385. The van der Waals surface area contributed by atoms with Crippen LogP contribution >= 0.6 is 11.3 Å². The second-order valence-corrected chi connectivity index (χ2v) is 9.00. The minimum atomic E-state index is -4.39. The highest BCUT2D eigenvalue weighted by atomic mass is 32.1. The van der Waals surface area contributed by atoms with Crippen molar-refractivity contribution in [2.24, 2.45) is 0 Å². The molecule has 0 saturated heterocycles. The Morgan fingerprint density at radius 3 is 2.43 bits per heavy atom. The van der Waals surface area contributed by atoms with Crippen molar-refractivity contribution >= 4 is 17.3 Å². The van der Waals surface area contributed by atoms with E-state index in [1.54, 1.807) is 18.5 Å². The first-order chi connectivity index (χ1) is 16.6. The third-order valence-corrected chi connectivity index (χ3v) is 6.49. The number of carboxylic acid groups (broad SMARTS) is 1. The summed E-state index contributed by atoms with van der Waals surface area (Å²) in [4.78, 5) is 16.7. The molecular weight excluding hydrogens is 479 g/mol. The zero-order chi connectivity index (χ0) is 25.6. The summed E-state index contributed by atoms with van der Waals surface area (Å²) in [5.41, 5.74) is 3.91. The van der Waals surface area contributed by atoms with Crippen LogP contribution in [0.3, 0.4) is 0 Å². The summed E-state index contributed by atoms with van der Waals surface area (Å²) in [6, 6.07) is 10.5. The fourth-order valence-electron chi connectivity index (χ4n) is 3.78. The molecule has 2 atom stereocenters. The van der Waals surface area contributed by atoms with Gasteiger partial charge in [-0.1, -0.05) is 31.5 Å². The number of aryl methyl sites for hydroxylation is 1. The molecule has 188 valence electrons. The van der Waals surface area contributed by atoms with Gasteiger partial charge in [0.25, 0.3) is 0 Å². The quantitative estimate of drug-likeness (QED) is 0.300. The molecule has 0 aliphatic carbocycles. The highest BCUT2D eigenvalue weighted by Crippen LogP contribution is 2.37. The Labute approximate surface area is 206 Å². The van der Waals surface area contributed by atoms with E-state index in [1.807, 2.05) is 26.0 Å². The van der Waals surface area contributed by atoms with Crippen LogP contribution < -0.4 is 4.74 Å². The lowest BCUT2D eigenvalue weighted by atomic mass is 10.0. The Balaban J connectivity index is 1.83. The number of hydrogen-bond donors (Lipinski definition) is 1. The van der Waals surface area contributed by atoms with Gasteiger partial charge < -0.3 is 14.6 Å². The van der Waals surface area contributed by atoms with Gasteiger partial charge in [-0.15, -0.1) is 11.3 Å². The zero-order valence-corrected chi connectivity index (χ0v) is 20.6. The average Bonchev–Trinajstić information content (AvgIpc) is 3.29. The SMILES string of the molecule is CCCC(Oc1ccc(CC(OCC)C(=O)O)c(C)c1)c1scnc1-c1ccc(C(F)(F)F)cc1. The maximum absolute atomic E-state index is 13.0. The molecule has 2 unspecified atom stereocenters. The number of benzene rings is 2. The largest absolute Gasteiger partial charge is 0.485 e. The van der Waals surface area contributed by atoms with Gasteiger partial charge >= 0.3 is 12.1 Å². The van der Waals surface area contributed by atoms with Crippen molar-refractivity contribution in [3.63, 3.8) is 0 Å². The van der Waals surface area contributed by atoms with Crippen LogP contribution in [0.1, 0.15) is 54.4 Å². The van der Waals surface area contributed by atoms with Crippen LogP contribution in [-0.2, 0) is 22.1 Å². The summed E-state index contributed by atoms with van der Waals surface area (Å²) < 4.78 is 50.5. The maximum Gasteiger partial charge on any atom is 0.416 e. The number of aromatic nitrogens is 1. The van der Waals surface area contributed by atoms with Crippen LogP contribution in [0.15, 0.2) is 48.0 Å². The highest BCUT2D eigenvalue weighted by molar-refractivity contribution is 7.10. The predicted octanol–water partition coefficient (Wildman–Crippen LogP) is 7.09. The fourth-order valence-corrected chi connectivity index (χ4v) is 4.65. The molecule has 0 spiro atoms. The van der Waals surface area contributed by atoms with Crippen LogP contribution in [0.4, 0.5) is 13.2 Å². The molecule has 0 bridgehead atoms. The van der Waals surface area contributed by atoms with Gasteiger partial charge in [0.2, 0.25) is 0 Å². The van der Waals surface area contributed by atoms with E-state index in [-0.39, 0.29) is 12.5 Å². The van der Waals surface area contributed by atoms with Gasteiger partial charge in [0.15, 0.2) is 6.10 Å². The first-order valence-corrected chi connectivity index (χ1v) is 12.2. The van der Waals surface area contributed by atoms with Gasteiger partial charge in [-0.3, -0.25) is 0 Å². The average molecular weight is 508 g/mol. The number of thiazole rings is 1. The molecule has 5 nitrogen and oxygen atoms in total. The van der Waals surface area contributed by atoms with Crippen LogP contribution in [0, 0.1) is 6.92 Å². The van der Waals surface area contributed by atoms with Crippen molar-refractivity contribution in [2.75, 3.05) is 6.61 Å². The lowest BCUT2D eigenvalue weighted by molar-refractivity contribution is -0.150. The van der Waals surface area contributed by atoms with Crippen LogP contribution in [0.25, 0.3) is 11.3 Å². The van der Waals surface area contributed by atoms with E-state index in [4.69, 9.17) is 9.47 Å².